The van der Waals surface area contributed by atoms with Crippen LogP contribution in [0.2, 0.25) is 0 Å². The first-order chi connectivity index (χ1) is 12.5. The monoisotopic (exact) mass is 357 g/mol. The summed E-state index contributed by atoms with van der Waals surface area (Å²) in [5.41, 5.74) is 1.13. The van der Waals surface area contributed by atoms with E-state index in [4.69, 9.17) is 9.47 Å². The molecule has 26 heavy (non-hydrogen) atoms. The first-order valence-electron chi connectivity index (χ1n) is 8.91. The van der Waals surface area contributed by atoms with E-state index in [0.29, 0.717) is 43.8 Å². The number of hydrogen-bond donors (Lipinski definition) is 1. The first-order valence-corrected chi connectivity index (χ1v) is 8.91. The van der Waals surface area contributed by atoms with Gasteiger partial charge in [0, 0.05) is 39.4 Å². The molecule has 1 unspecified atom stereocenters. The number of benzene rings is 1. The molecular formula is C19H23N3O4. The van der Waals surface area contributed by atoms with E-state index < -0.39 is 11.7 Å². The molecule has 0 saturated carbocycles. The first kappa shape index (κ1) is 16.9. The number of piperidine rings is 1. The van der Waals surface area contributed by atoms with Crippen molar-refractivity contribution in [2.24, 2.45) is 7.05 Å². The molecule has 2 aromatic rings. The Hall–Kier alpha value is -2.54. The Kier molecular flexibility index (Phi) is 4.32. The van der Waals surface area contributed by atoms with Crippen molar-refractivity contribution in [1.82, 2.24) is 14.7 Å². The number of carbonyl (C=O) groups excluding carboxylic acids is 1. The number of likely N-dealkylation sites (tertiary alicyclic amines) is 1. The third-order valence-electron chi connectivity index (χ3n) is 5.17. The van der Waals surface area contributed by atoms with E-state index in [1.54, 1.807) is 15.8 Å². The van der Waals surface area contributed by atoms with E-state index in [1.807, 2.05) is 37.4 Å². The highest BCUT2D eigenvalue weighted by Crippen LogP contribution is 2.43. The van der Waals surface area contributed by atoms with Gasteiger partial charge in [-0.05, 0) is 5.56 Å². The lowest BCUT2D eigenvalue weighted by molar-refractivity contribution is -0.0531. The highest BCUT2D eigenvalue weighted by molar-refractivity contribution is 5.67. The summed E-state index contributed by atoms with van der Waals surface area (Å²) in [5, 5.41) is 14.7. The second-order valence-electron chi connectivity index (χ2n) is 7.08. The molecule has 1 N–H and O–H groups in total. The minimum absolute atomic E-state index is 0.273. The predicted molar refractivity (Wildman–Crippen MR) is 93.6 cm³/mol. The molecule has 7 nitrogen and oxygen atoms in total. The maximum atomic E-state index is 12.3. The minimum Gasteiger partial charge on any atom is -0.483 e. The zero-order valence-corrected chi connectivity index (χ0v) is 14.8. The van der Waals surface area contributed by atoms with Crippen molar-refractivity contribution in [2.45, 2.75) is 37.6 Å². The fourth-order valence-electron chi connectivity index (χ4n) is 3.73. The Morgan fingerprint density at radius 1 is 1.35 bits per heavy atom. The highest BCUT2D eigenvalue weighted by Gasteiger charge is 2.45. The summed E-state index contributed by atoms with van der Waals surface area (Å²) in [6.07, 6.45) is 2.69. The van der Waals surface area contributed by atoms with Gasteiger partial charge in [0.05, 0.1) is 6.20 Å². The van der Waals surface area contributed by atoms with Crippen molar-refractivity contribution in [3.63, 3.8) is 0 Å². The van der Waals surface area contributed by atoms with Gasteiger partial charge in [-0.2, -0.15) is 5.10 Å². The van der Waals surface area contributed by atoms with Crippen LogP contribution in [0.1, 0.15) is 36.6 Å². The Labute approximate surface area is 152 Å². The van der Waals surface area contributed by atoms with Crippen molar-refractivity contribution in [2.75, 3.05) is 13.1 Å². The maximum Gasteiger partial charge on any atom is 0.410 e. The van der Waals surface area contributed by atoms with E-state index in [2.05, 4.69) is 5.10 Å². The van der Waals surface area contributed by atoms with Gasteiger partial charge in [-0.25, -0.2) is 4.79 Å². The maximum absolute atomic E-state index is 12.3. The van der Waals surface area contributed by atoms with Gasteiger partial charge in [-0.15, -0.1) is 0 Å². The number of hydrogen-bond acceptors (Lipinski definition) is 5. The summed E-state index contributed by atoms with van der Waals surface area (Å²) in [6.45, 7) is 1.38. The molecule has 4 rings (SSSR count). The van der Waals surface area contributed by atoms with Crippen molar-refractivity contribution < 1.29 is 19.4 Å². The lowest BCUT2D eigenvalue weighted by Crippen LogP contribution is -2.51. The van der Waals surface area contributed by atoms with Gasteiger partial charge >= 0.3 is 6.09 Å². The average molecular weight is 357 g/mol. The van der Waals surface area contributed by atoms with Crippen LogP contribution in [0.5, 0.6) is 5.75 Å². The lowest BCUT2D eigenvalue weighted by atomic mass is 9.83. The van der Waals surface area contributed by atoms with Crippen molar-refractivity contribution in [1.29, 1.82) is 0 Å². The molecule has 1 saturated heterocycles. The number of amides is 1. The van der Waals surface area contributed by atoms with Gasteiger partial charge in [0.2, 0.25) is 0 Å². The molecule has 2 aliphatic heterocycles. The van der Waals surface area contributed by atoms with E-state index in [9.17, 15) is 9.90 Å². The summed E-state index contributed by atoms with van der Waals surface area (Å²) in [7, 11) is 1.81. The van der Waals surface area contributed by atoms with Gasteiger partial charge in [-0.1, -0.05) is 30.3 Å². The largest absolute Gasteiger partial charge is 0.483 e. The Balaban J connectivity index is 1.34. The minimum atomic E-state index is -0.628. The Bertz CT molecular complexity index is 781. The van der Waals surface area contributed by atoms with Gasteiger partial charge in [-0.3, -0.25) is 4.68 Å². The van der Waals surface area contributed by atoms with Crippen LogP contribution in [0, 0.1) is 0 Å². The zero-order chi connectivity index (χ0) is 18.1. The lowest BCUT2D eigenvalue weighted by Gasteiger charge is -2.44. The second kappa shape index (κ2) is 6.64. The molecule has 7 heteroatoms. The van der Waals surface area contributed by atoms with Crippen LogP contribution in [-0.2, 0) is 18.4 Å². The number of rotatable bonds is 2. The van der Waals surface area contributed by atoms with Crippen LogP contribution in [-0.4, -0.2) is 44.6 Å². The normalized spacial score (nSPS) is 21.2. The molecular weight excluding hydrogens is 334 g/mol. The zero-order valence-electron chi connectivity index (χ0n) is 14.8. The number of carbonyl (C=O) groups is 1. The predicted octanol–water partition coefficient (Wildman–Crippen LogP) is 2.41. The Morgan fingerprint density at radius 2 is 2.08 bits per heavy atom. The standard InChI is InChI=1S/C19H23N3O4/c1-21-12-16-17(20-21)15(23)11-19(26-16)7-9-22(10-8-19)18(24)25-13-14-5-3-2-4-6-14/h2-6,12,15,23H,7-11,13H2,1H3. The van der Waals surface area contributed by atoms with Crippen LogP contribution < -0.4 is 4.74 Å². The number of ether oxygens (including phenoxy) is 2. The van der Waals surface area contributed by atoms with Crippen molar-refractivity contribution in [3.05, 3.63) is 47.8 Å². The molecule has 0 aliphatic carbocycles. The fraction of sp³-hybridized carbons (Fsp3) is 0.474. The summed E-state index contributed by atoms with van der Waals surface area (Å²) < 4.78 is 13.3. The molecule has 2 aliphatic rings. The van der Waals surface area contributed by atoms with Crippen molar-refractivity contribution >= 4 is 6.09 Å². The number of nitrogens with zero attached hydrogens (tertiary/aromatic N) is 3. The van der Waals surface area contributed by atoms with Gasteiger partial charge < -0.3 is 19.5 Å². The smallest absolute Gasteiger partial charge is 0.410 e. The number of fused-ring (bicyclic) bond motifs is 1. The molecule has 138 valence electrons. The summed E-state index contributed by atoms with van der Waals surface area (Å²) >= 11 is 0. The Morgan fingerprint density at radius 3 is 2.81 bits per heavy atom. The quantitative estimate of drug-likeness (QED) is 0.893. The number of aliphatic hydroxyl groups is 1. The third kappa shape index (κ3) is 3.26. The SMILES string of the molecule is Cn1cc2c(n1)C(O)CC1(CCN(C(=O)OCc3ccccc3)CC1)O2. The molecule has 1 atom stereocenters. The molecule has 3 heterocycles. The molecule has 0 radical (unpaired) electrons. The van der Waals surface area contributed by atoms with Crippen LogP contribution in [0.25, 0.3) is 0 Å². The molecule has 1 spiro atoms. The molecule has 1 fully saturated rings. The van der Waals surface area contributed by atoms with Gasteiger partial charge in [0.1, 0.15) is 24.0 Å². The number of aryl methyl sites for hydroxylation is 1. The number of aliphatic hydroxyl groups excluding tert-OH is 1. The van der Waals surface area contributed by atoms with Crippen LogP contribution in [0.15, 0.2) is 36.5 Å². The summed E-state index contributed by atoms with van der Waals surface area (Å²) in [6, 6.07) is 9.64. The van der Waals surface area contributed by atoms with E-state index in [0.717, 1.165) is 5.56 Å². The van der Waals surface area contributed by atoms with Gasteiger partial charge in [0.25, 0.3) is 0 Å². The van der Waals surface area contributed by atoms with Crippen LogP contribution in [0.3, 0.4) is 0 Å². The van der Waals surface area contributed by atoms with Gasteiger partial charge in [0.15, 0.2) is 5.75 Å². The topological polar surface area (TPSA) is 76.8 Å². The molecule has 0 bridgehead atoms. The average Bonchev–Trinajstić information content (AvgIpc) is 3.02. The van der Waals surface area contributed by atoms with E-state index in [-0.39, 0.29) is 12.7 Å². The summed E-state index contributed by atoms with van der Waals surface area (Å²) in [5.74, 6) is 0.645. The fourth-order valence-corrected chi connectivity index (χ4v) is 3.73. The van der Waals surface area contributed by atoms with Crippen LogP contribution >= 0.6 is 0 Å². The van der Waals surface area contributed by atoms with E-state index >= 15 is 0 Å². The second-order valence-corrected chi connectivity index (χ2v) is 7.08. The molecule has 1 aromatic heterocycles. The molecule has 1 amide bonds. The highest BCUT2D eigenvalue weighted by atomic mass is 16.6. The third-order valence-corrected chi connectivity index (χ3v) is 5.17. The van der Waals surface area contributed by atoms with Crippen LogP contribution in [0.4, 0.5) is 4.79 Å². The van der Waals surface area contributed by atoms with Crippen molar-refractivity contribution in [3.8, 4) is 5.75 Å². The van der Waals surface area contributed by atoms with E-state index in [1.165, 1.54) is 0 Å². The molecule has 1 aromatic carbocycles. The number of aromatic nitrogens is 2. The summed E-state index contributed by atoms with van der Waals surface area (Å²) in [4.78, 5) is 14.0.